The lowest BCUT2D eigenvalue weighted by molar-refractivity contribution is -0.123. The van der Waals surface area contributed by atoms with Gasteiger partial charge in [0.2, 0.25) is 0 Å². The maximum atomic E-state index is 11.7. The Morgan fingerprint density at radius 1 is 1.09 bits per heavy atom. The van der Waals surface area contributed by atoms with Crippen LogP contribution in [0.3, 0.4) is 0 Å². The molecule has 22 heavy (non-hydrogen) atoms. The first-order valence-electron chi connectivity index (χ1n) is 8.40. The zero-order valence-electron chi connectivity index (χ0n) is 14.2. The number of amides is 1. The number of hydrogen-bond acceptors (Lipinski definition) is 3. The second-order valence-corrected chi connectivity index (χ2v) is 5.37. The van der Waals surface area contributed by atoms with Gasteiger partial charge >= 0.3 is 0 Å². The number of carbonyl (C=O) groups is 1. The zero-order chi connectivity index (χ0) is 16.2. The molecule has 4 heteroatoms. The average molecular weight is 306 g/mol. The van der Waals surface area contributed by atoms with Crippen molar-refractivity contribution in [2.24, 2.45) is 0 Å². The van der Waals surface area contributed by atoms with Crippen molar-refractivity contribution >= 4 is 5.91 Å². The fourth-order valence-corrected chi connectivity index (χ4v) is 2.25. The van der Waals surface area contributed by atoms with Gasteiger partial charge in [0, 0.05) is 6.54 Å². The number of hydrogen-bond donors (Lipinski definition) is 1. The standard InChI is InChI=1S/C18H30N2O2/c1-4-16-9-11-17(12-10-16)22-15-18(21)19-13-7-8-14-20(5-2)6-3/h9-12H,4-8,13-15H2,1-3H3,(H,19,21). The number of nitrogens with zero attached hydrogens (tertiary/aromatic N) is 1. The molecule has 0 unspecified atom stereocenters. The Bertz CT molecular complexity index is 414. The van der Waals surface area contributed by atoms with Gasteiger partial charge in [0.15, 0.2) is 6.61 Å². The molecule has 0 saturated heterocycles. The monoisotopic (exact) mass is 306 g/mol. The Labute approximate surface area is 134 Å². The van der Waals surface area contributed by atoms with E-state index < -0.39 is 0 Å². The van der Waals surface area contributed by atoms with Gasteiger partial charge in [0.05, 0.1) is 0 Å². The summed E-state index contributed by atoms with van der Waals surface area (Å²) in [6.07, 6.45) is 3.13. The normalized spacial score (nSPS) is 10.7. The Morgan fingerprint density at radius 3 is 2.36 bits per heavy atom. The number of ether oxygens (including phenoxy) is 1. The van der Waals surface area contributed by atoms with Crippen LogP contribution in [0.2, 0.25) is 0 Å². The van der Waals surface area contributed by atoms with Crippen LogP contribution in [-0.2, 0) is 11.2 Å². The predicted octanol–water partition coefficient (Wildman–Crippen LogP) is 2.87. The van der Waals surface area contributed by atoms with E-state index >= 15 is 0 Å². The van der Waals surface area contributed by atoms with E-state index in [-0.39, 0.29) is 12.5 Å². The largest absolute Gasteiger partial charge is 0.484 e. The molecule has 0 atom stereocenters. The quantitative estimate of drug-likeness (QED) is 0.639. The highest BCUT2D eigenvalue weighted by Gasteiger charge is 2.03. The molecule has 0 spiro atoms. The van der Waals surface area contributed by atoms with Gasteiger partial charge in [-0.25, -0.2) is 0 Å². The molecular weight excluding hydrogens is 276 g/mol. The fourth-order valence-electron chi connectivity index (χ4n) is 2.25. The molecule has 1 rings (SSSR count). The van der Waals surface area contributed by atoms with Crippen LogP contribution in [-0.4, -0.2) is 43.6 Å². The molecule has 0 aromatic heterocycles. The summed E-state index contributed by atoms with van der Waals surface area (Å²) < 4.78 is 5.48. The van der Waals surface area contributed by atoms with E-state index in [2.05, 4.69) is 31.0 Å². The summed E-state index contributed by atoms with van der Waals surface area (Å²) in [4.78, 5) is 14.1. The number of aryl methyl sites for hydroxylation is 1. The molecule has 0 aliphatic heterocycles. The molecule has 0 aliphatic carbocycles. The minimum Gasteiger partial charge on any atom is -0.484 e. The summed E-state index contributed by atoms with van der Waals surface area (Å²) >= 11 is 0. The molecule has 1 aromatic rings. The van der Waals surface area contributed by atoms with Gasteiger partial charge in [0.25, 0.3) is 5.91 Å². The van der Waals surface area contributed by atoms with Gasteiger partial charge in [0.1, 0.15) is 5.75 Å². The molecule has 0 bridgehead atoms. The van der Waals surface area contributed by atoms with Gasteiger partial charge in [-0.15, -0.1) is 0 Å². The van der Waals surface area contributed by atoms with Crippen LogP contribution >= 0.6 is 0 Å². The van der Waals surface area contributed by atoms with Gasteiger partial charge in [-0.2, -0.15) is 0 Å². The van der Waals surface area contributed by atoms with Gasteiger partial charge < -0.3 is 15.0 Å². The summed E-state index contributed by atoms with van der Waals surface area (Å²) in [6.45, 7) is 10.6. The van der Waals surface area contributed by atoms with E-state index in [4.69, 9.17) is 4.74 Å². The van der Waals surface area contributed by atoms with Crippen molar-refractivity contribution in [2.75, 3.05) is 32.8 Å². The van der Waals surface area contributed by atoms with E-state index in [9.17, 15) is 4.79 Å². The minimum atomic E-state index is -0.0533. The van der Waals surface area contributed by atoms with E-state index in [0.717, 1.165) is 51.2 Å². The first-order chi connectivity index (χ1) is 10.7. The molecule has 1 amide bonds. The number of carbonyl (C=O) groups excluding carboxylic acids is 1. The van der Waals surface area contributed by atoms with Crippen LogP contribution in [0.5, 0.6) is 5.75 Å². The highest BCUT2D eigenvalue weighted by atomic mass is 16.5. The number of rotatable bonds is 11. The lowest BCUT2D eigenvalue weighted by atomic mass is 10.2. The molecule has 0 heterocycles. The first kappa shape index (κ1) is 18.5. The van der Waals surface area contributed by atoms with E-state index in [1.54, 1.807) is 0 Å². The lowest BCUT2D eigenvalue weighted by Gasteiger charge is -2.17. The Hall–Kier alpha value is -1.55. The summed E-state index contributed by atoms with van der Waals surface area (Å²) in [6, 6.07) is 7.88. The summed E-state index contributed by atoms with van der Waals surface area (Å²) in [5.74, 6) is 0.691. The summed E-state index contributed by atoms with van der Waals surface area (Å²) in [5.41, 5.74) is 1.27. The van der Waals surface area contributed by atoms with Crippen LogP contribution in [0.4, 0.5) is 0 Å². The van der Waals surface area contributed by atoms with Crippen molar-refractivity contribution in [1.82, 2.24) is 10.2 Å². The molecule has 0 aliphatic rings. The van der Waals surface area contributed by atoms with Gasteiger partial charge in [-0.3, -0.25) is 4.79 Å². The maximum absolute atomic E-state index is 11.7. The highest BCUT2D eigenvalue weighted by molar-refractivity contribution is 5.77. The van der Waals surface area contributed by atoms with Crippen LogP contribution in [0.15, 0.2) is 24.3 Å². The van der Waals surface area contributed by atoms with Crippen molar-refractivity contribution < 1.29 is 9.53 Å². The van der Waals surface area contributed by atoms with E-state index in [1.807, 2.05) is 24.3 Å². The van der Waals surface area contributed by atoms with Crippen LogP contribution in [0.25, 0.3) is 0 Å². The third-order valence-corrected chi connectivity index (χ3v) is 3.82. The summed E-state index contributed by atoms with van der Waals surface area (Å²) in [7, 11) is 0. The van der Waals surface area contributed by atoms with Crippen molar-refractivity contribution in [3.05, 3.63) is 29.8 Å². The first-order valence-corrected chi connectivity index (χ1v) is 8.40. The third-order valence-electron chi connectivity index (χ3n) is 3.82. The molecule has 0 saturated carbocycles. The second kappa shape index (κ2) is 11.1. The molecule has 1 aromatic carbocycles. The number of benzene rings is 1. The lowest BCUT2D eigenvalue weighted by Crippen LogP contribution is -2.30. The predicted molar refractivity (Wildman–Crippen MR) is 91.3 cm³/mol. The molecule has 0 fully saturated rings. The topological polar surface area (TPSA) is 41.6 Å². The average Bonchev–Trinajstić information content (AvgIpc) is 2.56. The maximum Gasteiger partial charge on any atom is 0.257 e. The third kappa shape index (κ3) is 7.46. The van der Waals surface area contributed by atoms with Crippen molar-refractivity contribution in [1.29, 1.82) is 0 Å². The molecule has 0 radical (unpaired) electrons. The Balaban J connectivity index is 2.10. The Kier molecular flexibility index (Phi) is 9.31. The van der Waals surface area contributed by atoms with Crippen molar-refractivity contribution in [3.63, 3.8) is 0 Å². The molecule has 124 valence electrons. The van der Waals surface area contributed by atoms with Gasteiger partial charge in [-0.05, 0) is 56.6 Å². The van der Waals surface area contributed by atoms with Crippen LogP contribution in [0.1, 0.15) is 39.2 Å². The van der Waals surface area contributed by atoms with E-state index in [1.165, 1.54) is 5.56 Å². The second-order valence-electron chi connectivity index (χ2n) is 5.37. The number of unbranched alkanes of at least 4 members (excludes halogenated alkanes) is 1. The smallest absolute Gasteiger partial charge is 0.257 e. The van der Waals surface area contributed by atoms with E-state index in [0.29, 0.717) is 0 Å². The van der Waals surface area contributed by atoms with Gasteiger partial charge in [-0.1, -0.05) is 32.9 Å². The van der Waals surface area contributed by atoms with Crippen molar-refractivity contribution in [3.8, 4) is 5.75 Å². The fraction of sp³-hybridized carbons (Fsp3) is 0.611. The molecule has 1 N–H and O–H groups in total. The SMILES string of the molecule is CCc1ccc(OCC(=O)NCCCCN(CC)CC)cc1. The molecular formula is C18H30N2O2. The van der Waals surface area contributed by atoms with Crippen molar-refractivity contribution in [2.45, 2.75) is 40.0 Å². The van der Waals surface area contributed by atoms with Crippen LogP contribution in [0, 0.1) is 0 Å². The molecule has 4 nitrogen and oxygen atoms in total. The Morgan fingerprint density at radius 2 is 1.77 bits per heavy atom. The highest BCUT2D eigenvalue weighted by Crippen LogP contribution is 2.12. The van der Waals surface area contributed by atoms with Crippen LogP contribution < -0.4 is 10.1 Å². The minimum absolute atomic E-state index is 0.0533. The summed E-state index contributed by atoms with van der Waals surface area (Å²) in [5, 5.41) is 2.90. The number of nitrogens with one attached hydrogen (secondary N) is 1. The zero-order valence-corrected chi connectivity index (χ0v) is 14.2.